The number of carbonyl (C=O) groups is 1. The van der Waals surface area contributed by atoms with E-state index in [-0.39, 0.29) is 29.2 Å². The molecule has 0 aliphatic carbocycles. The zero-order valence-electron chi connectivity index (χ0n) is 15.3. The molecule has 0 fully saturated rings. The lowest BCUT2D eigenvalue weighted by Gasteiger charge is -2.13. The lowest BCUT2D eigenvalue weighted by atomic mass is 10.1. The van der Waals surface area contributed by atoms with Crippen molar-refractivity contribution >= 4 is 22.8 Å². The van der Waals surface area contributed by atoms with Crippen LogP contribution in [0, 0.1) is 6.92 Å². The lowest BCUT2D eigenvalue weighted by molar-refractivity contribution is -0.137. The minimum atomic E-state index is -4.50. The highest BCUT2D eigenvalue weighted by Crippen LogP contribution is 2.31. The van der Waals surface area contributed by atoms with Crippen LogP contribution in [0.5, 0.6) is 0 Å². The summed E-state index contributed by atoms with van der Waals surface area (Å²) in [6.45, 7) is 4.07. The van der Waals surface area contributed by atoms with Crippen molar-refractivity contribution < 1.29 is 22.7 Å². The summed E-state index contributed by atoms with van der Waals surface area (Å²) in [5.41, 5.74) is 1.31. The first kappa shape index (κ1) is 19.6. The molecule has 1 aromatic heterocycles. The number of anilines is 1. The minimum absolute atomic E-state index is 0.0367. The largest absolute Gasteiger partial charge is 0.461 e. The zero-order chi connectivity index (χ0) is 20.3. The van der Waals surface area contributed by atoms with Crippen molar-refractivity contribution in [3.05, 3.63) is 64.8 Å². The Labute approximate surface area is 159 Å². The van der Waals surface area contributed by atoms with Crippen molar-refractivity contribution in [2.24, 2.45) is 0 Å². The molecule has 28 heavy (non-hydrogen) atoms. The average molecular weight is 389 g/mol. The van der Waals surface area contributed by atoms with Gasteiger partial charge in [-0.25, -0.2) is 14.8 Å². The molecular formula is C20H18F3N3O2. The Morgan fingerprint density at radius 1 is 1.11 bits per heavy atom. The number of fused-ring (bicyclic) bond motifs is 1. The summed E-state index contributed by atoms with van der Waals surface area (Å²) in [5, 5.41) is 2.99. The second-order valence-electron chi connectivity index (χ2n) is 6.19. The number of benzene rings is 2. The summed E-state index contributed by atoms with van der Waals surface area (Å²) in [6.07, 6.45) is -4.50. The lowest BCUT2D eigenvalue weighted by Crippen LogP contribution is -2.14. The Kier molecular flexibility index (Phi) is 5.48. The van der Waals surface area contributed by atoms with Crippen LogP contribution in [0.25, 0.3) is 11.0 Å². The number of aromatic nitrogens is 2. The van der Waals surface area contributed by atoms with Crippen LogP contribution in [0.4, 0.5) is 19.0 Å². The third-order valence-electron chi connectivity index (χ3n) is 4.00. The van der Waals surface area contributed by atoms with Crippen LogP contribution in [0.15, 0.2) is 42.5 Å². The molecule has 0 radical (unpaired) electrons. The maximum absolute atomic E-state index is 13.0. The van der Waals surface area contributed by atoms with Gasteiger partial charge in [0, 0.05) is 6.54 Å². The number of ether oxygens (including phenoxy) is 1. The van der Waals surface area contributed by atoms with Crippen LogP contribution in [-0.4, -0.2) is 22.5 Å². The highest BCUT2D eigenvalue weighted by Gasteiger charge is 2.31. The molecule has 5 nitrogen and oxygen atoms in total. The molecule has 8 heteroatoms. The van der Waals surface area contributed by atoms with Crippen LogP contribution in [0.2, 0.25) is 0 Å². The topological polar surface area (TPSA) is 64.1 Å². The molecule has 3 rings (SSSR count). The van der Waals surface area contributed by atoms with Gasteiger partial charge in [0.1, 0.15) is 0 Å². The van der Waals surface area contributed by atoms with E-state index in [9.17, 15) is 18.0 Å². The number of hydrogen-bond acceptors (Lipinski definition) is 5. The molecule has 0 unspecified atom stereocenters. The fraction of sp³-hybridized carbons (Fsp3) is 0.250. The van der Waals surface area contributed by atoms with Crippen LogP contribution in [0.3, 0.4) is 0 Å². The monoisotopic (exact) mass is 389 g/mol. The van der Waals surface area contributed by atoms with E-state index >= 15 is 0 Å². The maximum Gasteiger partial charge on any atom is 0.416 e. The maximum atomic E-state index is 13.0. The van der Waals surface area contributed by atoms with Crippen LogP contribution < -0.4 is 5.32 Å². The third-order valence-corrected chi connectivity index (χ3v) is 4.00. The number of hydrogen-bond donors (Lipinski definition) is 1. The van der Waals surface area contributed by atoms with Crippen LogP contribution in [0.1, 0.15) is 34.1 Å². The Balaban J connectivity index is 2.02. The van der Waals surface area contributed by atoms with Gasteiger partial charge in [-0.05, 0) is 37.6 Å². The molecule has 0 aliphatic rings. The van der Waals surface area contributed by atoms with E-state index in [1.807, 2.05) is 31.2 Å². The standard InChI is InChI=1S/C20H18F3N3O2/c1-3-28-19(27)17-18(24-11-13-6-4-5-12(2)9-13)26-16-10-14(20(21,22)23)7-8-15(16)25-17/h4-10H,3,11H2,1-2H3,(H,24,26). The number of nitrogens with one attached hydrogen (secondary N) is 1. The second-order valence-corrected chi connectivity index (χ2v) is 6.19. The molecule has 2 aromatic carbocycles. The van der Waals surface area contributed by atoms with Gasteiger partial charge in [0.25, 0.3) is 0 Å². The smallest absolute Gasteiger partial charge is 0.416 e. The van der Waals surface area contributed by atoms with Gasteiger partial charge in [-0.15, -0.1) is 0 Å². The Morgan fingerprint density at radius 2 is 1.89 bits per heavy atom. The van der Waals surface area contributed by atoms with E-state index < -0.39 is 17.7 Å². The number of carbonyl (C=O) groups excluding carboxylic acids is 1. The first-order valence-corrected chi connectivity index (χ1v) is 8.63. The molecular weight excluding hydrogens is 371 g/mol. The average Bonchev–Trinajstić information content (AvgIpc) is 2.64. The first-order chi connectivity index (χ1) is 13.3. The predicted molar refractivity (Wildman–Crippen MR) is 99.0 cm³/mol. The highest BCUT2D eigenvalue weighted by atomic mass is 19.4. The number of esters is 1. The van der Waals surface area contributed by atoms with Gasteiger partial charge in [-0.2, -0.15) is 13.2 Å². The van der Waals surface area contributed by atoms with E-state index in [0.717, 1.165) is 23.3 Å². The van der Waals surface area contributed by atoms with E-state index in [4.69, 9.17) is 4.74 Å². The van der Waals surface area contributed by atoms with Crippen molar-refractivity contribution in [2.45, 2.75) is 26.6 Å². The Hall–Kier alpha value is -3.16. The van der Waals surface area contributed by atoms with Gasteiger partial charge in [-0.1, -0.05) is 29.8 Å². The minimum Gasteiger partial charge on any atom is -0.461 e. The van der Waals surface area contributed by atoms with Crippen LogP contribution >= 0.6 is 0 Å². The van der Waals surface area contributed by atoms with Crippen molar-refractivity contribution in [1.82, 2.24) is 9.97 Å². The Bertz CT molecular complexity index is 1020. The number of halogens is 3. The normalized spacial score (nSPS) is 11.5. The fourth-order valence-corrected chi connectivity index (χ4v) is 2.70. The van der Waals surface area contributed by atoms with Crippen molar-refractivity contribution in [1.29, 1.82) is 0 Å². The molecule has 0 saturated heterocycles. The zero-order valence-corrected chi connectivity index (χ0v) is 15.3. The summed E-state index contributed by atoms with van der Waals surface area (Å²) >= 11 is 0. The SMILES string of the molecule is CCOC(=O)c1nc2ccc(C(F)(F)F)cc2nc1NCc1cccc(C)c1. The van der Waals surface area contributed by atoms with Crippen LogP contribution in [-0.2, 0) is 17.5 Å². The summed E-state index contributed by atoms with van der Waals surface area (Å²) < 4.78 is 44.0. The van der Waals surface area contributed by atoms with E-state index in [0.29, 0.717) is 6.54 Å². The third kappa shape index (κ3) is 4.39. The molecule has 0 bridgehead atoms. The highest BCUT2D eigenvalue weighted by molar-refractivity contribution is 5.95. The molecule has 0 amide bonds. The Morgan fingerprint density at radius 3 is 2.57 bits per heavy atom. The quantitative estimate of drug-likeness (QED) is 0.638. The fourth-order valence-electron chi connectivity index (χ4n) is 2.70. The molecule has 3 aromatic rings. The van der Waals surface area contributed by atoms with Gasteiger partial charge >= 0.3 is 12.1 Å². The number of alkyl halides is 3. The molecule has 0 saturated carbocycles. The van der Waals surface area contributed by atoms with Gasteiger partial charge in [0.05, 0.1) is 23.2 Å². The van der Waals surface area contributed by atoms with Gasteiger partial charge < -0.3 is 10.1 Å². The van der Waals surface area contributed by atoms with Gasteiger partial charge in [-0.3, -0.25) is 0 Å². The van der Waals surface area contributed by atoms with Crippen molar-refractivity contribution in [3.63, 3.8) is 0 Å². The second kappa shape index (κ2) is 7.84. The summed E-state index contributed by atoms with van der Waals surface area (Å²) in [7, 11) is 0. The number of nitrogens with zero attached hydrogens (tertiary/aromatic N) is 2. The van der Waals surface area contributed by atoms with Gasteiger partial charge in [0.2, 0.25) is 0 Å². The molecule has 1 heterocycles. The van der Waals surface area contributed by atoms with Crippen molar-refractivity contribution in [3.8, 4) is 0 Å². The molecule has 0 atom stereocenters. The molecule has 1 N–H and O–H groups in total. The van der Waals surface area contributed by atoms with E-state index in [2.05, 4.69) is 15.3 Å². The van der Waals surface area contributed by atoms with E-state index in [1.54, 1.807) is 6.92 Å². The van der Waals surface area contributed by atoms with E-state index in [1.165, 1.54) is 6.07 Å². The number of rotatable bonds is 5. The summed E-state index contributed by atoms with van der Waals surface area (Å²) in [4.78, 5) is 20.7. The number of aryl methyl sites for hydroxylation is 1. The summed E-state index contributed by atoms with van der Waals surface area (Å²) in [6, 6.07) is 10.7. The molecule has 146 valence electrons. The predicted octanol–water partition coefficient (Wildman–Crippen LogP) is 4.75. The molecule has 0 spiro atoms. The van der Waals surface area contributed by atoms with Crippen molar-refractivity contribution in [2.75, 3.05) is 11.9 Å². The first-order valence-electron chi connectivity index (χ1n) is 8.63. The molecule has 0 aliphatic heterocycles. The summed E-state index contributed by atoms with van der Waals surface area (Å²) in [5.74, 6) is -0.615. The van der Waals surface area contributed by atoms with Gasteiger partial charge in [0.15, 0.2) is 11.5 Å².